The molecule has 148 valence electrons. The number of piperidine rings is 1. The first-order chi connectivity index (χ1) is 13.2. The summed E-state index contributed by atoms with van der Waals surface area (Å²) in [5.74, 6) is 0.952. The van der Waals surface area contributed by atoms with Crippen LogP contribution in [0, 0.1) is 12.8 Å². The van der Waals surface area contributed by atoms with Gasteiger partial charge in [0.1, 0.15) is 0 Å². The average Bonchev–Trinajstić information content (AvgIpc) is 3.21. The van der Waals surface area contributed by atoms with Crippen LogP contribution in [0.3, 0.4) is 0 Å². The van der Waals surface area contributed by atoms with Gasteiger partial charge in [-0.2, -0.15) is 0 Å². The van der Waals surface area contributed by atoms with Crippen molar-refractivity contribution < 1.29 is 4.79 Å². The predicted octanol–water partition coefficient (Wildman–Crippen LogP) is 4.60. The predicted molar refractivity (Wildman–Crippen MR) is 113 cm³/mol. The third-order valence-electron chi connectivity index (χ3n) is 6.53. The number of rotatable bonds is 8. The SMILES string of the molecule is C=CCC(=O)N(CC1CCN(CCc2ccccc2C)CC1)C1CCCC1. The maximum Gasteiger partial charge on any atom is 0.226 e. The van der Waals surface area contributed by atoms with Crippen molar-refractivity contribution in [2.45, 2.75) is 64.3 Å². The summed E-state index contributed by atoms with van der Waals surface area (Å²) < 4.78 is 0. The van der Waals surface area contributed by atoms with Gasteiger partial charge < -0.3 is 9.80 Å². The number of carbonyl (C=O) groups excluding carboxylic acids is 1. The highest BCUT2D eigenvalue weighted by Crippen LogP contribution is 2.27. The van der Waals surface area contributed by atoms with Gasteiger partial charge in [0.15, 0.2) is 0 Å². The van der Waals surface area contributed by atoms with E-state index in [0.717, 1.165) is 19.5 Å². The number of benzene rings is 1. The number of carbonyl (C=O) groups is 1. The molecule has 0 aromatic heterocycles. The number of hydrogen-bond donors (Lipinski definition) is 0. The molecular formula is C24H36N2O. The Balaban J connectivity index is 1.46. The van der Waals surface area contributed by atoms with E-state index in [-0.39, 0.29) is 0 Å². The second kappa shape index (κ2) is 10.1. The lowest BCUT2D eigenvalue weighted by Gasteiger charge is -2.37. The minimum Gasteiger partial charge on any atom is -0.339 e. The monoisotopic (exact) mass is 368 g/mol. The van der Waals surface area contributed by atoms with Crippen LogP contribution >= 0.6 is 0 Å². The van der Waals surface area contributed by atoms with Gasteiger partial charge in [0.05, 0.1) is 0 Å². The molecule has 3 rings (SSSR count). The summed E-state index contributed by atoms with van der Waals surface area (Å²) in [5.41, 5.74) is 2.88. The quantitative estimate of drug-likeness (QED) is 0.626. The van der Waals surface area contributed by atoms with Gasteiger partial charge in [-0.15, -0.1) is 6.58 Å². The Labute approximate surface area is 165 Å². The molecule has 1 aliphatic heterocycles. The van der Waals surface area contributed by atoms with Crippen LogP contribution in [0.1, 0.15) is 56.1 Å². The molecule has 2 fully saturated rings. The number of nitrogens with zero attached hydrogens (tertiary/aromatic N) is 2. The first-order valence-electron chi connectivity index (χ1n) is 10.8. The molecule has 1 amide bonds. The van der Waals surface area contributed by atoms with E-state index in [0.29, 0.717) is 24.3 Å². The Hall–Kier alpha value is -1.61. The minimum atomic E-state index is 0.291. The molecule has 27 heavy (non-hydrogen) atoms. The van der Waals surface area contributed by atoms with Gasteiger partial charge in [-0.3, -0.25) is 4.79 Å². The highest BCUT2D eigenvalue weighted by atomic mass is 16.2. The number of hydrogen-bond acceptors (Lipinski definition) is 2. The lowest BCUT2D eigenvalue weighted by atomic mass is 9.94. The van der Waals surface area contributed by atoms with E-state index in [1.165, 1.54) is 62.7 Å². The molecule has 1 aliphatic carbocycles. The Bertz CT molecular complexity index is 613. The van der Waals surface area contributed by atoms with Crippen molar-refractivity contribution in [3.63, 3.8) is 0 Å². The van der Waals surface area contributed by atoms with Crippen LogP contribution in [-0.2, 0) is 11.2 Å². The summed E-state index contributed by atoms with van der Waals surface area (Å²) in [4.78, 5) is 17.4. The number of amides is 1. The second-order valence-corrected chi connectivity index (χ2v) is 8.44. The number of aryl methyl sites for hydroxylation is 1. The maximum atomic E-state index is 12.6. The fourth-order valence-corrected chi connectivity index (χ4v) is 4.75. The zero-order chi connectivity index (χ0) is 19.1. The van der Waals surface area contributed by atoms with Gasteiger partial charge in [0.25, 0.3) is 0 Å². The molecule has 2 aliphatic rings. The van der Waals surface area contributed by atoms with Crippen LogP contribution in [0.25, 0.3) is 0 Å². The molecule has 1 saturated heterocycles. The molecule has 1 aromatic carbocycles. The lowest BCUT2D eigenvalue weighted by molar-refractivity contribution is -0.133. The highest BCUT2D eigenvalue weighted by molar-refractivity contribution is 5.78. The van der Waals surface area contributed by atoms with Gasteiger partial charge in [0, 0.05) is 25.6 Å². The lowest BCUT2D eigenvalue weighted by Crippen LogP contribution is -2.45. The van der Waals surface area contributed by atoms with Crippen molar-refractivity contribution in [3.8, 4) is 0 Å². The number of likely N-dealkylation sites (tertiary alicyclic amines) is 1. The molecular weight excluding hydrogens is 332 g/mol. The molecule has 0 radical (unpaired) electrons. The van der Waals surface area contributed by atoms with Crippen LogP contribution in [-0.4, -0.2) is 47.9 Å². The first kappa shape index (κ1) is 20.1. The topological polar surface area (TPSA) is 23.6 Å². The van der Waals surface area contributed by atoms with Crippen LogP contribution in [0.4, 0.5) is 0 Å². The van der Waals surface area contributed by atoms with Crippen molar-refractivity contribution in [1.29, 1.82) is 0 Å². The van der Waals surface area contributed by atoms with Crippen LogP contribution < -0.4 is 0 Å². The zero-order valence-electron chi connectivity index (χ0n) is 17.0. The van der Waals surface area contributed by atoms with Gasteiger partial charge >= 0.3 is 0 Å². The zero-order valence-corrected chi connectivity index (χ0v) is 17.0. The Morgan fingerprint density at radius 2 is 1.89 bits per heavy atom. The van der Waals surface area contributed by atoms with E-state index >= 15 is 0 Å². The summed E-state index contributed by atoms with van der Waals surface area (Å²) in [5, 5.41) is 0. The largest absolute Gasteiger partial charge is 0.339 e. The first-order valence-corrected chi connectivity index (χ1v) is 10.8. The molecule has 0 N–H and O–H groups in total. The molecule has 1 aromatic rings. The third-order valence-corrected chi connectivity index (χ3v) is 6.53. The van der Waals surface area contributed by atoms with Crippen LogP contribution in [0.2, 0.25) is 0 Å². The summed E-state index contributed by atoms with van der Waals surface area (Å²) in [6, 6.07) is 9.21. The average molecular weight is 369 g/mol. The van der Waals surface area contributed by atoms with Crippen molar-refractivity contribution in [2.24, 2.45) is 5.92 Å². The summed E-state index contributed by atoms with van der Waals surface area (Å²) in [7, 11) is 0. The Morgan fingerprint density at radius 1 is 1.19 bits per heavy atom. The molecule has 3 nitrogen and oxygen atoms in total. The third kappa shape index (κ3) is 5.68. The fraction of sp³-hybridized carbons (Fsp3) is 0.625. The van der Waals surface area contributed by atoms with E-state index in [9.17, 15) is 4.79 Å². The molecule has 0 unspecified atom stereocenters. The van der Waals surface area contributed by atoms with Crippen molar-refractivity contribution in [1.82, 2.24) is 9.80 Å². The second-order valence-electron chi connectivity index (χ2n) is 8.44. The highest BCUT2D eigenvalue weighted by Gasteiger charge is 2.29. The smallest absolute Gasteiger partial charge is 0.226 e. The van der Waals surface area contributed by atoms with E-state index in [1.54, 1.807) is 6.08 Å². The minimum absolute atomic E-state index is 0.291. The van der Waals surface area contributed by atoms with Gasteiger partial charge in [-0.1, -0.05) is 43.2 Å². The summed E-state index contributed by atoms with van der Waals surface area (Å²) in [6.45, 7) is 10.4. The maximum absolute atomic E-state index is 12.6. The van der Waals surface area contributed by atoms with E-state index in [2.05, 4.69) is 47.6 Å². The molecule has 0 spiro atoms. The van der Waals surface area contributed by atoms with Gasteiger partial charge in [0.2, 0.25) is 5.91 Å². The van der Waals surface area contributed by atoms with Gasteiger partial charge in [-0.05, 0) is 69.2 Å². The molecule has 1 saturated carbocycles. The Morgan fingerprint density at radius 3 is 2.56 bits per heavy atom. The standard InChI is InChI=1S/C24H36N2O/c1-3-8-24(27)26(23-11-6-7-12-23)19-21-13-16-25(17-14-21)18-15-22-10-5-4-9-20(22)2/h3-5,9-10,21,23H,1,6-8,11-19H2,2H3. The summed E-state index contributed by atoms with van der Waals surface area (Å²) >= 11 is 0. The van der Waals surface area contributed by atoms with E-state index in [1.807, 2.05) is 0 Å². The normalized spacial score (nSPS) is 19.3. The van der Waals surface area contributed by atoms with Crippen LogP contribution in [0.15, 0.2) is 36.9 Å². The van der Waals surface area contributed by atoms with Crippen molar-refractivity contribution in [2.75, 3.05) is 26.2 Å². The molecule has 0 bridgehead atoms. The van der Waals surface area contributed by atoms with Crippen molar-refractivity contribution >= 4 is 5.91 Å². The van der Waals surface area contributed by atoms with E-state index in [4.69, 9.17) is 0 Å². The van der Waals surface area contributed by atoms with E-state index < -0.39 is 0 Å². The van der Waals surface area contributed by atoms with Crippen LogP contribution in [0.5, 0.6) is 0 Å². The summed E-state index contributed by atoms with van der Waals surface area (Å²) in [6.07, 6.45) is 10.8. The fourth-order valence-electron chi connectivity index (χ4n) is 4.75. The molecule has 0 atom stereocenters. The van der Waals surface area contributed by atoms with Gasteiger partial charge in [-0.25, -0.2) is 0 Å². The molecule has 3 heteroatoms. The Kier molecular flexibility index (Phi) is 7.51. The van der Waals surface area contributed by atoms with Crippen molar-refractivity contribution in [3.05, 3.63) is 48.0 Å². The molecule has 1 heterocycles.